The highest BCUT2D eigenvalue weighted by atomic mass is 16.4. The summed E-state index contributed by atoms with van der Waals surface area (Å²) < 4.78 is 0. The maximum absolute atomic E-state index is 11.7. The molecule has 0 aliphatic carbocycles. The molecule has 19 heavy (non-hydrogen) atoms. The Hall–Kier alpha value is -2.04. The molecule has 0 atom stereocenters. The molecule has 0 fully saturated rings. The van der Waals surface area contributed by atoms with Gasteiger partial charge in [0.15, 0.2) is 0 Å². The van der Waals surface area contributed by atoms with Gasteiger partial charge in [0.2, 0.25) is 5.91 Å². The van der Waals surface area contributed by atoms with Gasteiger partial charge in [-0.25, -0.2) is 0 Å². The molecule has 0 spiro atoms. The predicted octanol–water partition coefficient (Wildman–Crippen LogP) is 1.65. The molecule has 0 saturated carbocycles. The molecule has 5 heteroatoms. The minimum atomic E-state index is -0.331. The van der Waals surface area contributed by atoms with Gasteiger partial charge in [-0.2, -0.15) is 0 Å². The number of nitrogens with two attached hydrogens (primary N) is 1. The van der Waals surface area contributed by atoms with E-state index in [1.54, 1.807) is 0 Å². The number of carbonyl (C=O) groups is 1. The smallest absolute Gasteiger partial charge is 0.228 e. The summed E-state index contributed by atoms with van der Waals surface area (Å²) in [5.74, 6) is -0.329. The highest BCUT2D eigenvalue weighted by Crippen LogP contribution is 2.13. The van der Waals surface area contributed by atoms with Crippen molar-refractivity contribution < 1.29 is 10.0 Å². The van der Waals surface area contributed by atoms with Crippen LogP contribution in [0, 0.1) is 0 Å². The molecule has 4 N–H and O–H groups in total. The molecule has 1 aromatic rings. The number of aryl methyl sites for hydroxylation is 1. The molecule has 104 valence electrons. The van der Waals surface area contributed by atoms with Gasteiger partial charge in [0.05, 0.1) is 6.42 Å². The number of rotatable bonds is 6. The third-order valence-corrected chi connectivity index (χ3v) is 2.83. The van der Waals surface area contributed by atoms with Gasteiger partial charge in [0.1, 0.15) is 5.84 Å². The molecule has 0 saturated heterocycles. The molecule has 0 unspecified atom stereocenters. The van der Waals surface area contributed by atoms with Crippen molar-refractivity contribution in [1.82, 2.24) is 5.32 Å². The van der Waals surface area contributed by atoms with Gasteiger partial charge in [0, 0.05) is 5.54 Å². The quantitative estimate of drug-likeness (QED) is 0.315. The van der Waals surface area contributed by atoms with Crippen molar-refractivity contribution in [3.8, 4) is 0 Å². The summed E-state index contributed by atoms with van der Waals surface area (Å²) in [4.78, 5) is 11.7. The lowest BCUT2D eigenvalue weighted by Gasteiger charge is -2.26. The van der Waals surface area contributed by atoms with E-state index in [2.05, 4.69) is 22.6 Å². The molecule has 1 rings (SSSR count). The van der Waals surface area contributed by atoms with E-state index in [0.29, 0.717) is 0 Å². The zero-order valence-corrected chi connectivity index (χ0v) is 11.4. The van der Waals surface area contributed by atoms with Crippen LogP contribution in [0.1, 0.15) is 32.3 Å². The fourth-order valence-electron chi connectivity index (χ4n) is 1.79. The van der Waals surface area contributed by atoms with Crippen LogP contribution in [0.25, 0.3) is 0 Å². The summed E-state index contributed by atoms with van der Waals surface area (Å²) in [6.45, 7) is 3.92. The van der Waals surface area contributed by atoms with Gasteiger partial charge in [-0.15, -0.1) is 0 Å². The Labute approximate surface area is 113 Å². The van der Waals surface area contributed by atoms with E-state index in [1.165, 1.54) is 5.56 Å². The minimum absolute atomic E-state index is 0.0867. The average molecular weight is 263 g/mol. The van der Waals surface area contributed by atoms with Crippen molar-refractivity contribution in [2.24, 2.45) is 10.9 Å². The highest BCUT2D eigenvalue weighted by molar-refractivity contribution is 5.98. The van der Waals surface area contributed by atoms with E-state index in [4.69, 9.17) is 10.9 Å². The molecule has 0 bridgehead atoms. The molecule has 0 radical (unpaired) electrons. The topological polar surface area (TPSA) is 87.7 Å². The molecular weight excluding hydrogens is 242 g/mol. The molecule has 0 heterocycles. The molecular formula is C14H21N3O2. The Balaban J connectivity index is 2.45. The number of nitrogens with zero attached hydrogens (tertiary/aromatic N) is 1. The number of carbonyl (C=O) groups excluding carboxylic acids is 1. The van der Waals surface area contributed by atoms with Crippen molar-refractivity contribution in [2.45, 2.75) is 38.6 Å². The monoisotopic (exact) mass is 263 g/mol. The molecule has 0 aliphatic rings. The molecule has 1 amide bonds. The average Bonchev–Trinajstić information content (AvgIpc) is 2.37. The van der Waals surface area contributed by atoms with Gasteiger partial charge >= 0.3 is 0 Å². The van der Waals surface area contributed by atoms with Crippen LogP contribution >= 0.6 is 0 Å². The van der Waals surface area contributed by atoms with E-state index in [0.717, 1.165) is 12.8 Å². The van der Waals surface area contributed by atoms with Crippen molar-refractivity contribution >= 4 is 11.7 Å². The SMILES string of the molecule is CC(C)(CCc1ccccc1)NC(=O)C/C(N)=N/O. The first-order valence-corrected chi connectivity index (χ1v) is 6.24. The standard InChI is InChI=1S/C14H21N3O2/c1-14(2,16-13(18)10-12(15)17-19)9-8-11-6-4-3-5-7-11/h3-7,19H,8-10H2,1-2H3,(H2,15,17)(H,16,18). The lowest BCUT2D eigenvalue weighted by molar-refractivity contribution is -0.121. The Bertz CT molecular complexity index is 441. The van der Waals surface area contributed by atoms with E-state index in [1.807, 2.05) is 32.0 Å². The summed E-state index contributed by atoms with van der Waals surface area (Å²) in [5.41, 5.74) is 6.20. The van der Waals surface area contributed by atoms with E-state index in [9.17, 15) is 4.79 Å². The summed E-state index contributed by atoms with van der Waals surface area (Å²) in [7, 11) is 0. The zero-order valence-electron chi connectivity index (χ0n) is 11.4. The second kappa shape index (κ2) is 6.78. The molecule has 0 aromatic heterocycles. The molecule has 0 aliphatic heterocycles. The van der Waals surface area contributed by atoms with Crippen LogP contribution in [-0.2, 0) is 11.2 Å². The fraction of sp³-hybridized carbons (Fsp3) is 0.429. The number of amides is 1. The summed E-state index contributed by atoms with van der Waals surface area (Å²) >= 11 is 0. The first kappa shape index (κ1) is 15.0. The molecule has 1 aromatic carbocycles. The number of hydrogen-bond donors (Lipinski definition) is 3. The minimum Gasteiger partial charge on any atom is -0.409 e. The Morgan fingerprint density at radius 3 is 2.58 bits per heavy atom. The maximum Gasteiger partial charge on any atom is 0.228 e. The highest BCUT2D eigenvalue weighted by Gasteiger charge is 2.20. The van der Waals surface area contributed by atoms with Crippen LogP contribution in [0.3, 0.4) is 0 Å². The van der Waals surface area contributed by atoms with Crippen LogP contribution in [0.5, 0.6) is 0 Å². The van der Waals surface area contributed by atoms with Crippen molar-refractivity contribution in [3.63, 3.8) is 0 Å². The normalized spacial score (nSPS) is 12.2. The van der Waals surface area contributed by atoms with Crippen molar-refractivity contribution in [2.75, 3.05) is 0 Å². The first-order valence-electron chi connectivity index (χ1n) is 6.24. The second-order valence-electron chi connectivity index (χ2n) is 5.19. The number of amidine groups is 1. The van der Waals surface area contributed by atoms with E-state index < -0.39 is 0 Å². The van der Waals surface area contributed by atoms with E-state index in [-0.39, 0.29) is 23.7 Å². The first-order chi connectivity index (χ1) is 8.93. The number of nitrogens with one attached hydrogen (secondary N) is 1. The molecule has 5 nitrogen and oxygen atoms in total. The maximum atomic E-state index is 11.7. The second-order valence-corrected chi connectivity index (χ2v) is 5.19. The predicted molar refractivity (Wildman–Crippen MR) is 75.0 cm³/mol. The number of oxime groups is 1. The van der Waals surface area contributed by atoms with Gasteiger partial charge in [-0.3, -0.25) is 4.79 Å². The third-order valence-electron chi connectivity index (χ3n) is 2.83. The van der Waals surface area contributed by atoms with Crippen molar-refractivity contribution in [3.05, 3.63) is 35.9 Å². The van der Waals surface area contributed by atoms with Gasteiger partial charge in [-0.1, -0.05) is 35.5 Å². The van der Waals surface area contributed by atoms with Crippen LogP contribution in [0.15, 0.2) is 35.5 Å². The fourth-order valence-corrected chi connectivity index (χ4v) is 1.79. The van der Waals surface area contributed by atoms with Crippen LogP contribution in [-0.4, -0.2) is 22.5 Å². The van der Waals surface area contributed by atoms with Crippen LogP contribution < -0.4 is 11.1 Å². The summed E-state index contributed by atoms with van der Waals surface area (Å²) in [6.07, 6.45) is 1.61. The Morgan fingerprint density at radius 1 is 1.37 bits per heavy atom. The third kappa shape index (κ3) is 5.90. The Kier molecular flexibility index (Phi) is 5.36. The Morgan fingerprint density at radius 2 is 2.00 bits per heavy atom. The van der Waals surface area contributed by atoms with Gasteiger partial charge in [0.25, 0.3) is 0 Å². The number of hydrogen-bond acceptors (Lipinski definition) is 3. The lowest BCUT2D eigenvalue weighted by Crippen LogP contribution is -2.44. The van der Waals surface area contributed by atoms with E-state index >= 15 is 0 Å². The lowest BCUT2D eigenvalue weighted by atomic mass is 9.95. The van der Waals surface area contributed by atoms with Crippen LogP contribution in [0.4, 0.5) is 0 Å². The number of benzene rings is 1. The van der Waals surface area contributed by atoms with Gasteiger partial charge in [-0.05, 0) is 32.3 Å². The van der Waals surface area contributed by atoms with Crippen molar-refractivity contribution in [1.29, 1.82) is 0 Å². The summed E-state index contributed by atoms with van der Waals surface area (Å²) in [5, 5.41) is 14.1. The van der Waals surface area contributed by atoms with Gasteiger partial charge < -0.3 is 16.3 Å². The van der Waals surface area contributed by atoms with Crippen LogP contribution in [0.2, 0.25) is 0 Å². The zero-order chi connectivity index (χ0) is 14.3. The largest absolute Gasteiger partial charge is 0.409 e. The summed E-state index contributed by atoms with van der Waals surface area (Å²) in [6, 6.07) is 10.1.